The zero-order valence-corrected chi connectivity index (χ0v) is 17.8. The Balaban J connectivity index is 1.55. The van der Waals surface area contributed by atoms with E-state index >= 15 is 0 Å². The molecule has 0 atom stereocenters. The van der Waals surface area contributed by atoms with E-state index < -0.39 is 23.3 Å². The van der Waals surface area contributed by atoms with E-state index in [1.165, 1.54) is 12.4 Å². The second kappa shape index (κ2) is 8.45. The number of hydrogen-bond acceptors (Lipinski definition) is 8. The van der Waals surface area contributed by atoms with Gasteiger partial charge >= 0.3 is 18.2 Å². The second-order valence-electron chi connectivity index (χ2n) is 8.49. The fourth-order valence-corrected chi connectivity index (χ4v) is 3.44. The van der Waals surface area contributed by atoms with Gasteiger partial charge in [0.15, 0.2) is 5.69 Å². The van der Waals surface area contributed by atoms with Crippen LogP contribution in [-0.4, -0.2) is 75.4 Å². The Hall–Kier alpha value is -2.91. The summed E-state index contributed by atoms with van der Waals surface area (Å²) in [5.41, 5.74) is -0.500. The monoisotopic (exact) mass is 420 g/mol. The Morgan fingerprint density at radius 2 is 1.90 bits per heavy atom. The predicted molar refractivity (Wildman–Crippen MR) is 105 cm³/mol. The molecule has 2 aliphatic rings. The normalized spacial score (nSPS) is 18.3. The summed E-state index contributed by atoms with van der Waals surface area (Å²) in [5, 5.41) is 0. The molecule has 2 aliphatic heterocycles. The van der Waals surface area contributed by atoms with E-state index in [-0.39, 0.29) is 24.9 Å². The molecule has 0 radical (unpaired) electrons. The van der Waals surface area contributed by atoms with Crippen LogP contribution in [0.2, 0.25) is 0 Å². The molecular weight excluding hydrogens is 392 g/mol. The van der Waals surface area contributed by atoms with E-state index in [0.717, 1.165) is 0 Å². The van der Waals surface area contributed by atoms with Gasteiger partial charge in [0, 0.05) is 25.9 Å². The Bertz CT molecular complexity index is 797. The van der Waals surface area contributed by atoms with Gasteiger partial charge in [-0.1, -0.05) is 0 Å². The van der Waals surface area contributed by atoms with Crippen molar-refractivity contribution in [2.45, 2.75) is 58.3 Å². The molecule has 1 spiro atoms. The van der Waals surface area contributed by atoms with E-state index in [2.05, 4.69) is 9.97 Å². The zero-order chi connectivity index (χ0) is 21.9. The number of ether oxygens (including phenoxy) is 3. The Labute approximate surface area is 175 Å². The third-order valence-electron chi connectivity index (χ3n) is 4.91. The van der Waals surface area contributed by atoms with Gasteiger partial charge in [-0.25, -0.2) is 19.4 Å². The largest absolute Gasteiger partial charge is 0.461 e. The third-order valence-corrected chi connectivity index (χ3v) is 4.91. The first-order valence-corrected chi connectivity index (χ1v) is 10.0. The number of esters is 1. The number of rotatable bonds is 4. The van der Waals surface area contributed by atoms with E-state index in [0.29, 0.717) is 38.2 Å². The van der Waals surface area contributed by atoms with E-state index in [1.807, 2.05) is 20.8 Å². The van der Waals surface area contributed by atoms with Crippen molar-refractivity contribution < 1.29 is 28.6 Å². The standard InChI is InChI=1S/C20H28N4O6/c1-5-28-16(25)15-11-21-14(10-22-15)12-24-13-20(30-18(24)27)6-8-23(9-7-20)17(26)29-19(2,3)4/h10-11H,5-9,12-13H2,1-4H3. The van der Waals surface area contributed by atoms with Gasteiger partial charge in [0.1, 0.15) is 11.2 Å². The zero-order valence-electron chi connectivity index (χ0n) is 17.8. The number of hydrogen-bond donors (Lipinski definition) is 0. The van der Waals surface area contributed by atoms with Crippen LogP contribution in [0.1, 0.15) is 56.7 Å². The van der Waals surface area contributed by atoms with Crippen LogP contribution >= 0.6 is 0 Å². The summed E-state index contributed by atoms with van der Waals surface area (Å²) in [5.74, 6) is -0.534. The topological polar surface area (TPSA) is 111 Å². The first kappa shape index (κ1) is 21.8. The van der Waals surface area contributed by atoms with Gasteiger partial charge in [0.05, 0.1) is 37.8 Å². The SMILES string of the molecule is CCOC(=O)c1cnc(CN2CC3(CCN(C(=O)OC(C)(C)C)CC3)OC2=O)cn1. The molecule has 0 bridgehead atoms. The lowest BCUT2D eigenvalue weighted by atomic mass is 9.91. The lowest BCUT2D eigenvalue weighted by Gasteiger charge is -2.37. The molecule has 0 unspecified atom stereocenters. The van der Waals surface area contributed by atoms with Crippen molar-refractivity contribution in [1.29, 1.82) is 0 Å². The summed E-state index contributed by atoms with van der Waals surface area (Å²) in [4.78, 5) is 47.8. The molecule has 1 aromatic rings. The Kier molecular flexibility index (Phi) is 6.14. The van der Waals surface area contributed by atoms with Gasteiger partial charge in [-0.05, 0) is 27.7 Å². The number of carbonyl (C=O) groups excluding carboxylic acids is 3. The summed E-state index contributed by atoms with van der Waals surface area (Å²) in [6.07, 6.45) is 3.11. The lowest BCUT2D eigenvalue weighted by molar-refractivity contribution is -0.0170. The Morgan fingerprint density at radius 3 is 2.47 bits per heavy atom. The number of aromatic nitrogens is 2. The average molecular weight is 420 g/mol. The van der Waals surface area contributed by atoms with E-state index in [9.17, 15) is 14.4 Å². The van der Waals surface area contributed by atoms with Gasteiger partial charge in [-0.15, -0.1) is 0 Å². The van der Waals surface area contributed by atoms with Crippen molar-refractivity contribution in [3.8, 4) is 0 Å². The lowest BCUT2D eigenvalue weighted by Crippen LogP contribution is -2.49. The number of likely N-dealkylation sites (tertiary alicyclic amines) is 1. The summed E-state index contributed by atoms with van der Waals surface area (Å²) in [6, 6.07) is 0. The second-order valence-corrected chi connectivity index (χ2v) is 8.49. The molecule has 2 amide bonds. The fraction of sp³-hybridized carbons (Fsp3) is 0.650. The minimum atomic E-state index is -0.617. The highest BCUT2D eigenvalue weighted by atomic mass is 16.6. The molecule has 10 nitrogen and oxygen atoms in total. The van der Waals surface area contributed by atoms with Gasteiger partial charge in [-0.2, -0.15) is 0 Å². The van der Waals surface area contributed by atoms with Crippen molar-refractivity contribution in [2.75, 3.05) is 26.2 Å². The quantitative estimate of drug-likeness (QED) is 0.539. The molecule has 1 aromatic heterocycles. The van der Waals surface area contributed by atoms with Crippen molar-refractivity contribution in [3.63, 3.8) is 0 Å². The maximum absolute atomic E-state index is 12.4. The van der Waals surface area contributed by atoms with Crippen molar-refractivity contribution in [1.82, 2.24) is 19.8 Å². The molecule has 0 N–H and O–H groups in total. The highest BCUT2D eigenvalue weighted by Crippen LogP contribution is 2.34. The molecule has 3 rings (SSSR count). The molecule has 10 heteroatoms. The summed E-state index contributed by atoms with van der Waals surface area (Å²) in [7, 11) is 0. The predicted octanol–water partition coefficient (Wildman–Crippen LogP) is 2.38. The number of nitrogens with zero attached hydrogens (tertiary/aromatic N) is 4. The van der Waals surface area contributed by atoms with Crippen LogP contribution in [0.5, 0.6) is 0 Å². The Morgan fingerprint density at radius 1 is 1.20 bits per heavy atom. The first-order valence-electron chi connectivity index (χ1n) is 10.0. The highest BCUT2D eigenvalue weighted by Gasteiger charge is 2.48. The molecule has 164 valence electrons. The first-order chi connectivity index (χ1) is 14.1. The molecule has 2 saturated heterocycles. The van der Waals surface area contributed by atoms with Crippen LogP contribution < -0.4 is 0 Å². The van der Waals surface area contributed by atoms with Crippen LogP contribution in [0.25, 0.3) is 0 Å². The molecule has 3 heterocycles. The molecule has 2 fully saturated rings. The van der Waals surface area contributed by atoms with Gasteiger partial charge in [0.2, 0.25) is 0 Å². The van der Waals surface area contributed by atoms with Crippen molar-refractivity contribution in [3.05, 3.63) is 23.8 Å². The maximum Gasteiger partial charge on any atom is 0.410 e. The van der Waals surface area contributed by atoms with Gasteiger partial charge < -0.3 is 19.1 Å². The van der Waals surface area contributed by atoms with E-state index in [1.54, 1.807) is 16.7 Å². The minimum absolute atomic E-state index is 0.121. The molecule has 0 aromatic carbocycles. The number of piperidine rings is 1. The summed E-state index contributed by atoms with van der Waals surface area (Å²) >= 11 is 0. The van der Waals surface area contributed by atoms with Crippen LogP contribution in [0.15, 0.2) is 12.4 Å². The minimum Gasteiger partial charge on any atom is -0.461 e. The van der Waals surface area contributed by atoms with Crippen molar-refractivity contribution in [2.24, 2.45) is 0 Å². The van der Waals surface area contributed by atoms with Gasteiger partial charge in [-0.3, -0.25) is 9.88 Å². The molecule has 30 heavy (non-hydrogen) atoms. The molecule has 0 aliphatic carbocycles. The van der Waals surface area contributed by atoms with Gasteiger partial charge in [0.25, 0.3) is 0 Å². The van der Waals surface area contributed by atoms with Crippen LogP contribution in [0.4, 0.5) is 9.59 Å². The van der Waals surface area contributed by atoms with Crippen LogP contribution in [0, 0.1) is 0 Å². The number of carbonyl (C=O) groups is 3. The third kappa shape index (κ3) is 5.17. The summed E-state index contributed by atoms with van der Waals surface area (Å²) < 4.78 is 16.0. The van der Waals surface area contributed by atoms with E-state index in [4.69, 9.17) is 14.2 Å². The average Bonchev–Trinajstić information content (AvgIpc) is 2.96. The fourth-order valence-electron chi connectivity index (χ4n) is 3.44. The number of amides is 2. The van der Waals surface area contributed by atoms with Crippen LogP contribution in [-0.2, 0) is 20.8 Å². The smallest absolute Gasteiger partial charge is 0.410 e. The highest BCUT2D eigenvalue weighted by molar-refractivity contribution is 5.86. The maximum atomic E-state index is 12.4. The van der Waals surface area contributed by atoms with Crippen LogP contribution in [0.3, 0.4) is 0 Å². The molecular formula is C20H28N4O6. The van der Waals surface area contributed by atoms with Crippen molar-refractivity contribution >= 4 is 18.2 Å². The summed E-state index contributed by atoms with van der Waals surface area (Å²) in [6.45, 7) is 9.02. The molecule has 0 saturated carbocycles.